The topological polar surface area (TPSA) is 276 Å². The van der Waals surface area contributed by atoms with E-state index in [2.05, 4.69) is 10.6 Å². The van der Waals surface area contributed by atoms with Crippen LogP contribution >= 0.6 is 0 Å². The van der Waals surface area contributed by atoms with Gasteiger partial charge in [-0.15, -0.1) is 0 Å². The van der Waals surface area contributed by atoms with E-state index in [0.29, 0.717) is 51.5 Å². The molecule has 0 spiro atoms. The van der Waals surface area contributed by atoms with Crippen molar-refractivity contribution in [1.29, 1.82) is 0 Å². The lowest BCUT2D eigenvalue weighted by atomic mass is 9.95. The minimum absolute atomic E-state index is 0.0327. The SMILES string of the molecule is CC(=O)[C@@H](CCCCNC(=O)CCCCOC(O)C(O)C(C)C(O)CCO)NC(=O)CCCCOC(O)C(O)C(O)C(O)CCO. The third-order valence-electron chi connectivity index (χ3n) is 7.57. The maximum absolute atomic E-state index is 12.3. The molecule has 9 atom stereocenters. The van der Waals surface area contributed by atoms with E-state index in [9.17, 15) is 50.1 Å². The van der Waals surface area contributed by atoms with Crippen LogP contribution in [0.5, 0.6) is 0 Å². The Kier molecular flexibility index (Phi) is 25.1. The summed E-state index contributed by atoms with van der Waals surface area (Å²) in [6, 6.07) is -0.668. The lowest BCUT2D eigenvalue weighted by Gasteiger charge is -2.27. The van der Waals surface area contributed by atoms with Crippen molar-refractivity contribution in [3.63, 3.8) is 0 Å². The molecule has 46 heavy (non-hydrogen) atoms. The molecular weight excluding hydrogens is 612 g/mol. The van der Waals surface area contributed by atoms with E-state index in [0.717, 1.165) is 0 Å². The van der Waals surface area contributed by atoms with Crippen LogP contribution in [-0.2, 0) is 23.9 Å². The van der Waals surface area contributed by atoms with Gasteiger partial charge in [-0.2, -0.15) is 0 Å². The van der Waals surface area contributed by atoms with Crippen LogP contribution in [0.15, 0.2) is 0 Å². The summed E-state index contributed by atoms with van der Waals surface area (Å²) in [5.41, 5.74) is 0. The van der Waals surface area contributed by atoms with Crippen molar-refractivity contribution in [2.75, 3.05) is 33.0 Å². The molecule has 2 amide bonds. The van der Waals surface area contributed by atoms with Gasteiger partial charge in [-0.1, -0.05) is 6.92 Å². The fourth-order valence-corrected chi connectivity index (χ4v) is 4.40. The smallest absolute Gasteiger partial charge is 0.220 e. The number of rotatable bonds is 29. The molecule has 0 aliphatic rings. The Morgan fingerprint density at radius 3 is 1.70 bits per heavy atom. The highest BCUT2D eigenvalue weighted by molar-refractivity contribution is 5.87. The molecule has 0 aromatic rings. The molecule has 0 radical (unpaired) electrons. The van der Waals surface area contributed by atoms with Crippen LogP contribution in [0.3, 0.4) is 0 Å². The minimum atomic E-state index is -1.78. The quantitative estimate of drug-likeness (QED) is 0.0292. The van der Waals surface area contributed by atoms with Gasteiger partial charge in [-0.25, -0.2) is 0 Å². The molecule has 0 heterocycles. The number of hydrogen-bond acceptors (Lipinski definition) is 14. The highest BCUT2D eigenvalue weighted by Crippen LogP contribution is 2.16. The van der Waals surface area contributed by atoms with Crippen LogP contribution in [-0.4, -0.2) is 146 Å². The van der Waals surface area contributed by atoms with Crippen LogP contribution < -0.4 is 10.6 Å². The zero-order chi connectivity index (χ0) is 35.1. The molecule has 0 aromatic heterocycles. The number of carbonyl (C=O) groups is 3. The fraction of sp³-hybridized carbons (Fsp3) is 0.900. The van der Waals surface area contributed by atoms with Crippen molar-refractivity contribution in [2.45, 2.75) is 134 Å². The third kappa shape index (κ3) is 19.7. The molecule has 16 heteroatoms. The molecular formula is C30H58N2O14. The van der Waals surface area contributed by atoms with Crippen LogP contribution in [0.1, 0.15) is 84.5 Å². The highest BCUT2D eigenvalue weighted by Gasteiger charge is 2.31. The van der Waals surface area contributed by atoms with E-state index in [-0.39, 0.29) is 63.1 Å². The zero-order valence-electron chi connectivity index (χ0n) is 27.1. The van der Waals surface area contributed by atoms with Crippen molar-refractivity contribution in [3.05, 3.63) is 0 Å². The van der Waals surface area contributed by atoms with Crippen LogP contribution in [0.25, 0.3) is 0 Å². The first-order valence-corrected chi connectivity index (χ1v) is 16.0. The molecule has 0 fully saturated rings. The molecule has 0 bridgehead atoms. The molecule has 11 N–H and O–H groups in total. The van der Waals surface area contributed by atoms with Crippen molar-refractivity contribution >= 4 is 17.6 Å². The van der Waals surface area contributed by atoms with Crippen molar-refractivity contribution in [1.82, 2.24) is 10.6 Å². The van der Waals surface area contributed by atoms with Gasteiger partial charge in [-0.05, 0) is 64.7 Å². The van der Waals surface area contributed by atoms with E-state index in [1.54, 1.807) is 0 Å². The number of amides is 2. The lowest BCUT2D eigenvalue weighted by Crippen LogP contribution is -2.45. The Labute approximate surface area is 270 Å². The van der Waals surface area contributed by atoms with Crippen molar-refractivity contribution in [3.8, 4) is 0 Å². The van der Waals surface area contributed by atoms with Gasteiger partial charge in [-0.3, -0.25) is 14.4 Å². The number of carbonyl (C=O) groups excluding carboxylic acids is 3. The minimum Gasteiger partial charge on any atom is -0.396 e. The summed E-state index contributed by atoms with van der Waals surface area (Å²) < 4.78 is 10.2. The first-order valence-electron chi connectivity index (χ1n) is 16.0. The summed E-state index contributed by atoms with van der Waals surface area (Å²) >= 11 is 0. The van der Waals surface area contributed by atoms with E-state index in [1.807, 2.05) is 0 Å². The Morgan fingerprint density at radius 2 is 1.15 bits per heavy atom. The number of hydrogen-bond donors (Lipinski definition) is 11. The standard InChI is InChI=1S/C30H58N2O14/c1-19(22(36)12-15-33)26(40)29(43)45-17-7-4-10-24(38)31-14-6-3-9-21(20(2)35)32-25(39)11-5-8-18-46-30(44)28(42)27(41)23(37)13-16-34/h19,21-23,26-30,33-34,36-37,40-44H,3-18H2,1-2H3,(H,31,38)(H,32,39)/t19?,21-,22?,23?,26?,27?,28?,29?,30?/m1/s1. The van der Waals surface area contributed by atoms with Gasteiger partial charge >= 0.3 is 0 Å². The fourth-order valence-electron chi connectivity index (χ4n) is 4.40. The van der Waals surface area contributed by atoms with Crippen molar-refractivity contribution in [2.24, 2.45) is 5.92 Å². The van der Waals surface area contributed by atoms with Crippen LogP contribution in [0.2, 0.25) is 0 Å². The second-order valence-electron chi connectivity index (χ2n) is 11.5. The van der Waals surface area contributed by atoms with E-state index < -0.39 is 61.7 Å². The summed E-state index contributed by atoms with van der Waals surface area (Å²) in [7, 11) is 0. The maximum Gasteiger partial charge on any atom is 0.220 e. The number of nitrogens with one attached hydrogen (secondary N) is 2. The number of aliphatic hydroxyl groups is 9. The van der Waals surface area contributed by atoms with Gasteiger partial charge in [0.1, 0.15) is 18.3 Å². The first kappa shape index (κ1) is 44.2. The summed E-state index contributed by atoms with van der Waals surface area (Å²) in [4.78, 5) is 36.3. The second-order valence-corrected chi connectivity index (χ2v) is 11.5. The maximum atomic E-state index is 12.3. The van der Waals surface area contributed by atoms with E-state index in [1.165, 1.54) is 13.8 Å². The van der Waals surface area contributed by atoms with Gasteiger partial charge in [0.05, 0.1) is 18.2 Å². The average Bonchev–Trinajstić information content (AvgIpc) is 3.01. The number of aliphatic hydroxyl groups excluding tert-OH is 9. The summed E-state index contributed by atoms with van der Waals surface area (Å²) in [6.07, 6.45) is -7.03. The Bertz CT molecular complexity index is 822. The molecule has 0 saturated carbocycles. The molecule has 16 nitrogen and oxygen atoms in total. The normalized spacial score (nSPS) is 17.6. The molecule has 0 aromatic carbocycles. The Balaban J connectivity index is 4.07. The molecule has 272 valence electrons. The number of ether oxygens (including phenoxy) is 2. The lowest BCUT2D eigenvalue weighted by molar-refractivity contribution is -0.203. The van der Waals surface area contributed by atoms with Crippen molar-refractivity contribution < 1.29 is 69.8 Å². The Hall–Kier alpha value is -1.83. The molecule has 0 saturated heterocycles. The number of ketones is 1. The van der Waals surface area contributed by atoms with Gasteiger partial charge in [0, 0.05) is 51.7 Å². The van der Waals surface area contributed by atoms with E-state index >= 15 is 0 Å². The predicted molar refractivity (Wildman–Crippen MR) is 164 cm³/mol. The van der Waals surface area contributed by atoms with Gasteiger partial charge in [0.15, 0.2) is 18.4 Å². The molecule has 0 aliphatic carbocycles. The predicted octanol–water partition coefficient (Wildman–Crippen LogP) is -2.44. The molecule has 0 aliphatic heterocycles. The van der Waals surface area contributed by atoms with E-state index in [4.69, 9.17) is 19.7 Å². The molecule has 0 rings (SSSR count). The first-order chi connectivity index (χ1) is 21.8. The van der Waals surface area contributed by atoms with Crippen LogP contribution in [0, 0.1) is 5.92 Å². The number of unbranched alkanes of at least 4 members (excludes halogenated alkanes) is 3. The third-order valence-corrected chi connectivity index (χ3v) is 7.57. The van der Waals surface area contributed by atoms with Gasteiger partial charge in [0.2, 0.25) is 11.8 Å². The largest absolute Gasteiger partial charge is 0.396 e. The second kappa shape index (κ2) is 26.2. The summed E-state index contributed by atoms with van der Waals surface area (Å²) in [5, 5.41) is 91.8. The molecule has 8 unspecified atom stereocenters. The van der Waals surface area contributed by atoms with Gasteiger partial charge in [0.25, 0.3) is 0 Å². The van der Waals surface area contributed by atoms with Crippen LogP contribution in [0.4, 0.5) is 0 Å². The zero-order valence-corrected chi connectivity index (χ0v) is 27.1. The highest BCUT2D eigenvalue weighted by atomic mass is 16.6. The average molecular weight is 671 g/mol. The monoisotopic (exact) mass is 670 g/mol. The summed E-state index contributed by atoms with van der Waals surface area (Å²) in [5.74, 6) is -1.40. The summed E-state index contributed by atoms with van der Waals surface area (Å²) in [6.45, 7) is 2.74. The number of Topliss-reactive ketones (excluding diaryl/α,β-unsaturated/α-hetero) is 1. The Morgan fingerprint density at radius 1 is 0.630 bits per heavy atom. The van der Waals surface area contributed by atoms with Gasteiger partial charge < -0.3 is 66.1 Å².